The summed E-state index contributed by atoms with van der Waals surface area (Å²) in [5.41, 5.74) is 7.32. The lowest BCUT2D eigenvalue weighted by Gasteiger charge is -2.29. The summed E-state index contributed by atoms with van der Waals surface area (Å²) in [6, 6.07) is 30.2. The SMILES string of the molecule is C1CCOCC1.COC(=O)c1ccc2nc(-c3ccccc3)c(Br)nc2c1.COC(=O)c1ccc2nc(-c3ccccc3)c(N3CCOCC3)nc2c1.[2H]CF. The normalized spacial score (nSPS) is 13.8. The van der Waals surface area contributed by atoms with E-state index < -0.39 is 7.15 Å². The Labute approximate surface area is 329 Å². The second-order valence-electron chi connectivity index (χ2n) is 12.2. The van der Waals surface area contributed by atoms with Crippen LogP contribution < -0.4 is 4.90 Å². The van der Waals surface area contributed by atoms with Gasteiger partial charge in [0, 0.05) is 37.4 Å². The number of hydrogen-bond donors (Lipinski definition) is 0. The molecule has 11 nitrogen and oxygen atoms in total. The van der Waals surface area contributed by atoms with E-state index in [-0.39, 0.29) is 11.9 Å². The third kappa shape index (κ3) is 10.9. The number of esters is 2. The number of alkyl halides is 1. The predicted molar refractivity (Wildman–Crippen MR) is 215 cm³/mol. The molecule has 6 aromatic rings. The lowest BCUT2D eigenvalue weighted by molar-refractivity contribution is 0.0592. The summed E-state index contributed by atoms with van der Waals surface area (Å²) in [6.45, 7) is 4.85. The van der Waals surface area contributed by atoms with E-state index in [0.717, 1.165) is 65.7 Å². The molecule has 2 fully saturated rings. The van der Waals surface area contributed by atoms with Gasteiger partial charge in [-0.3, -0.25) is 4.39 Å². The highest BCUT2D eigenvalue weighted by Crippen LogP contribution is 2.31. The number of rotatable bonds is 5. The number of carbonyl (C=O) groups excluding carboxylic acids is 2. The van der Waals surface area contributed by atoms with Gasteiger partial charge in [-0.15, -0.1) is 0 Å². The minimum absolute atomic E-state index is 0.381. The zero-order valence-electron chi connectivity index (χ0n) is 31.8. The van der Waals surface area contributed by atoms with Crippen molar-refractivity contribution in [1.29, 1.82) is 0 Å². The van der Waals surface area contributed by atoms with Crippen molar-refractivity contribution in [2.24, 2.45) is 0 Å². The van der Waals surface area contributed by atoms with Crippen LogP contribution >= 0.6 is 15.9 Å². The molecule has 0 aliphatic carbocycles. The van der Waals surface area contributed by atoms with E-state index in [2.05, 4.69) is 30.8 Å². The Morgan fingerprint density at radius 3 is 1.60 bits per heavy atom. The number of benzene rings is 4. The fourth-order valence-corrected chi connectivity index (χ4v) is 6.33. The molecule has 8 rings (SSSR count). The summed E-state index contributed by atoms with van der Waals surface area (Å²) in [4.78, 5) is 44.4. The van der Waals surface area contributed by atoms with Crippen molar-refractivity contribution in [2.45, 2.75) is 19.3 Å². The van der Waals surface area contributed by atoms with Crippen LogP contribution in [-0.2, 0) is 18.9 Å². The standard InChI is InChI=1S/C20H19N3O3.C16H11BrN2O2.C5H10O.CH3F/c1-25-20(24)15-7-8-16-17(13-15)22-19(23-9-11-26-12-10-23)18(21-16)14-5-3-2-4-6-14;1-21-16(20)11-7-8-12-13(9-11)19-15(17)14(18-12)10-5-3-2-4-6-10;1-2-4-6-5-3-1;1-2/h2-8,13H,9-12H2,1H3;2-9H,1H3;1-5H2;1H3/i;;;1D. The maximum absolute atomic E-state index is 11.8. The van der Waals surface area contributed by atoms with Gasteiger partial charge in [-0.1, -0.05) is 60.7 Å². The van der Waals surface area contributed by atoms with Crippen LogP contribution in [0.15, 0.2) is 102 Å². The maximum atomic E-state index is 11.8. The van der Waals surface area contributed by atoms with Gasteiger partial charge in [0.05, 0.1) is 69.2 Å². The minimum Gasteiger partial charge on any atom is -0.465 e. The molecule has 286 valence electrons. The molecule has 0 unspecified atom stereocenters. The topological polar surface area (TPSA) is 126 Å². The molecule has 2 aromatic heterocycles. The van der Waals surface area contributed by atoms with Crippen molar-refractivity contribution >= 4 is 55.8 Å². The highest BCUT2D eigenvalue weighted by molar-refractivity contribution is 9.10. The first-order valence-corrected chi connectivity index (χ1v) is 18.5. The molecule has 2 aliphatic heterocycles. The van der Waals surface area contributed by atoms with Crippen molar-refractivity contribution in [3.63, 3.8) is 0 Å². The van der Waals surface area contributed by atoms with E-state index in [4.69, 9.17) is 30.3 Å². The lowest BCUT2D eigenvalue weighted by atomic mass is 10.1. The number of anilines is 1. The number of ether oxygens (including phenoxy) is 4. The number of morpholine rings is 1. The summed E-state index contributed by atoms with van der Waals surface area (Å²) in [5.74, 6) is 0.0460. The molecule has 0 bridgehead atoms. The number of halogens is 2. The molecule has 2 aliphatic rings. The monoisotopic (exact) mass is 812 g/mol. The number of methoxy groups -OCH3 is 2. The van der Waals surface area contributed by atoms with E-state index in [0.29, 0.717) is 40.0 Å². The van der Waals surface area contributed by atoms with Crippen LogP contribution in [0.2, 0.25) is 0 Å². The first kappa shape index (κ1) is 39.3. The van der Waals surface area contributed by atoms with Gasteiger partial charge in [0.25, 0.3) is 0 Å². The number of nitrogens with zero attached hydrogens (tertiary/aromatic N) is 5. The van der Waals surface area contributed by atoms with E-state index in [1.807, 2.05) is 66.7 Å². The highest BCUT2D eigenvalue weighted by Gasteiger charge is 2.20. The quantitative estimate of drug-likeness (QED) is 0.156. The van der Waals surface area contributed by atoms with Crippen LogP contribution in [0.3, 0.4) is 0 Å². The number of aromatic nitrogens is 4. The summed E-state index contributed by atoms with van der Waals surface area (Å²) >= 11 is 3.44. The molecule has 4 heterocycles. The van der Waals surface area contributed by atoms with Crippen molar-refractivity contribution in [2.75, 3.05) is 65.8 Å². The minimum atomic E-state index is -1.00. The molecule has 0 amide bonds. The molecule has 55 heavy (non-hydrogen) atoms. The maximum Gasteiger partial charge on any atom is 0.337 e. The summed E-state index contributed by atoms with van der Waals surface area (Å²) in [7, 11) is 1.72. The zero-order chi connectivity index (χ0) is 39.7. The second-order valence-corrected chi connectivity index (χ2v) is 12.9. The van der Waals surface area contributed by atoms with Gasteiger partial charge in [0.1, 0.15) is 16.0 Å². The summed E-state index contributed by atoms with van der Waals surface area (Å²) in [6.07, 6.45) is 3.93. The third-order valence-corrected chi connectivity index (χ3v) is 9.15. The molecule has 0 atom stereocenters. The molecule has 4 aromatic carbocycles. The molecular formula is C42H43BrFN5O6. The average Bonchev–Trinajstić information content (AvgIpc) is 3.27. The van der Waals surface area contributed by atoms with Crippen LogP contribution in [0, 0.1) is 0 Å². The van der Waals surface area contributed by atoms with Gasteiger partial charge < -0.3 is 23.8 Å². The fraction of sp³-hybridized carbons (Fsp3) is 0.286. The van der Waals surface area contributed by atoms with Gasteiger partial charge in [0.15, 0.2) is 5.82 Å². The van der Waals surface area contributed by atoms with Gasteiger partial charge >= 0.3 is 11.9 Å². The largest absolute Gasteiger partial charge is 0.465 e. The highest BCUT2D eigenvalue weighted by atomic mass is 79.9. The third-order valence-electron chi connectivity index (χ3n) is 8.59. The Morgan fingerprint density at radius 1 is 0.655 bits per heavy atom. The molecule has 0 radical (unpaired) electrons. The van der Waals surface area contributed by atoms with Crippen molar-refractivity contribution in [3.05, 3.63) is 113 Å². The smallest absolute Gasteiger partial charge is 0.337 e. The van der Waals surface area contributed by atoms with Gasteiger partial charge in [-0.2, -0.15) is 0 Å². The Morgan fingerprint density at radius 2 is 1.13 bits per heavy atom. The second kappa shape index (κ2) is 20.9. The van der Waals surface area contributed by atoms with Crippen LogP contribution in [-0.4, -0.2) is 92.8 Å². The Hall–Kier alpha value is -5.37. The van der Waals surface area contributed by atoms with E-state index in [1.54, 1.807) is 30.3 Å². The summed E-state index contributed by atoms with van der Waals surface area (Å²) < 4.78 is 36.2. The van der Waals surface area contributed by atoms with Gasteiger partial charge in [-0.05, 0) is 71.6 Å². The Balaban J connectivity index is 0.000000178. The van der Waals surface area contributed by atoms with Crippen LogP contribution in [0.25, 0.3) is 44.6 Å². The summed E-state index contributed by atoms with van der Waals surface area (Å²) in [5, 5.41) is 0. The van der Waals surface area contributed by atoms with E-state index in [9.17, 15) is 14.0 Å². The number of hydrogen-bond acceptors (Lipinski definition) is 11. The molecule has 2 saturated heterocycles. The van der Waals surface area contributed by atoms with Gasteiger partial charge in [-0.25, -0.2) is 29.5 Å². The van der Waals surface area contributed by atoms with Crippen molar-refractivity contribution in [1.82, 2.24) is 19.9 Å². The molecule has 13 heteroatoms. The van der Waals surface area contributed by atoms with Crippen molar-refractivity contribution in [3.8, 4) is 22.5 Å². The van der Waals surface area contributed by atoms with E-state index >= 15 is 0 Å². The number of carbonyl (C=O) groups is 2. The molecular weight excluding hydrogens is 769 g/mol. The molecule has 0 saturated carbocycles. The van der Waals surface area contributed by atoms with Crippen LogP contribution in [0.5, 0.6) is 0 Å². The van der Waals surface area contributed by atoms with Crippen molar-refractivity contribution < 1.29 is 34.3 Å². The lowest BCUT2D eigenvalue weighted by Crippen LogP contribution is -2.37. The zero-order valence-corrected chi connectivity index (χ0v) is 32.3. The van der Waals surface area contributed by atoms with E-state index in [1.165, 1.54) is 33.5 Å². The Kier molecular flexibility index (Phi) is 15.0. The average molecular weight is 814 g/mol. The van der Waals surface area contributed by atoms with Crippen LogP contribution in [0.1, 0.15) is 41.3 Å². The first-order valence-electron chi connectivity index (χ1n) is 18.4. The predicted octanol–water partition coefficient (Wildman–Crippen LogP) is 8.54. The first-order chi connectivity index (χ1) is 27.4. The van der Waals surface area contributed by atoms with Gasteiger partial charge in [0.2, 0.25) is 0 Å². The number of fused-ring (bicyclic) bond motifs is 2. The molecule has 0 spiro atoms. The Bertz CT molecular complexity index is 2180. The molecule has 0 N–H and O–H groups in total. The van der Waals surface area contributed by atoms with Crippen LogP contribution in [0.4, 0.5) is 10.2 Å². The fourth-order valence-electron chi connectivity index (χ4n) is 5.82.